The minimum absolute atomic E-state index is 0.0125. The second kappa shape index (κ2) is 10.7. The van der Waals surface area contributed by atoms with Gasteiger partial charge in [0.15, 0.2) is 0 Å². The number of benzene rings is 3. The predicted octanol–water partition coefficient (Wildman–Crippen LogP) is 10.3. The number of para-hydroxylation sites is 1. The molecule has 0 spiro atoms. The molecule has 0 saturated heterocycles. The lowest BCUT2D eigenvalue weighted by molar-refractivity contribution is 0.394. The summed E-state index contributed by atoms with van der Waals surface area (Å²) in [6.45, 7) is 4.74. The molecule has 4 nitrogen and oxygen atoms in total. The first-order valence-corrected chi connectivity index (χ1v) is 15.1. The molecule has 2 heterocycles. The molecule has 42 heavy (non-hydrogen) atoms. The van der Waals surface area contributed by atoms with Gasteiger partial charge in [-0.2, -0.15) is 0 Å². The maximum absolute atomic E-state index is 4.82. The predicted molar refractivity (Wildman–Crippen MR) is 177 cm³/mol. The van der Waals surface area contributed by atoms with E-state index in [4.69, 9.17) is 9.97 Å². The zero-order valence-electron chi connectivity index (χ0n) is 23.6. The Morgan fingerprint density at radius 2 is 1.24 bits per heavy atom. The summed E-state index contributed by atoms with van der Waals surface area (Å²) in [5.41, 5.74) is 6.93. The number of nitrogens with zero attached hydrogens (tertiary/aromatic N) is 4. The quantitative estimate of drug-likeness (QED) is 0.191. The number of hydrogen-bond donors (Lipinski definition) is 0. The summed E-state index contributed by atoms with van der Waals surface area (Å²) >= 11 is 3.84. The van der Waals surface area contributed by atoms with Crippen molar-refractivity contribution in [1.82, 2.24) is 9.97 Å². The second-order valence-corrected chi connectivity index (χ2v) is 12.3. The maximum Gasteiger partial charge on any atom is 0.137 e. The van der Waals surface area contributed by atoms with E-state index in [1.54, 1.807) is 0 Å². The van der Waals surface area contributed by atoms with Crippen LogP contribution in [-0.2, 0) is 5.41 Å². The minimum atomic E-state index is 0.0125. The van der Waals surface area contributed by atoms with Gasteiger partial charge in [-0.05, 0) is 89.2 Å². The fraction of sp³-hybridized carbons (Fsp3) is 0.135. The van der Waals surface area contributed by atoms with Crippen molar-refractivity contribution >= 4 is 50.3 Å². The molecule has 2 aliphatic carbocycles. The highest BCUT2D eigenvalue weighted by Gasteiger charge is 2.44. The van der Waals surface area contributed by atoms with Gasteiger partial charge in [0.25, 0.3) is 0 Å². The van der Waals surface area contributed by atoms with Crippen molar-refractivity contribution < 1.29 is 0 Å². The molecule has 2 atom stereocenters. The van der Waals surface area contributed by atoms with Gasteiger partial charge in [-0.1, -0.05) is 90.5 Å². The lowest BCUT2D eigenvalue weighted by Gasteiger charge is -2.31. The number of hydrogen-bond acceptors (Lipinski definition) is 4. The van der Waals surface area contributed by atoms with Crippen LogP contribution in [-0.4, -0.2) is 9.97 Å². The van der Waals surface area contributed by atoms with Crippen LogP contribution in [0.15, 0.2) is 144 Å². The zero-order valence-corrected chi connectivity index (χ0v) is 25.2. The van der Waals surface area contributed by atoms with Gasteiger partial charge in [0.1, 0.15) is 11.6 Å². The average Bonchev–Trinajstić information content (AvgIpc) is 3.25. The van der Waals surface area contributed by atoms with E-state index in [9.17, 15) is 0 Å². The van der Waals surface area contributed by atoms with Gasteiger partial charge in [-0.3, -0.25) is 9.80 Å². The largest absolute Gasteiger partial charge is 0.295 e. The molecule has 2 aliphatic rings. The van der Waals surface area contributed by atoms with E-state index in [-0.39, 0.29) is 5.41 Å². The van der Waals surface area contributed by atoms with Crippen molar-refractivity contribution in [2.75, 3.05) is 9.80 Å². The van der Waals surface area contributed by atoms with Crippen LogP contribution in [0.2, 0.25) is 0 Å². The van der Waals surface area contributed by atoms with Crippen LogP contribution in [0.1, 0.15) is 30.9 Å². The third-order valence-corrected chi connectivity index (χ3v) is 8.93. The Hall–Kier alpha value is -4.48. The topological polar surface area (TPSA) is 32.3 Å². The molecule has 0 aliphatic heterocycles. The molecular formula is C37H31BrN4. The molecule has 0 fully saturated rings. The third kappa shape index (κ3) is 4.64. The SMILES string of the molecule is CC1(C)c2cc(N(c3cc(Br)cc(N(c4ccccc4)c4ccccn4)c3)c3ccccn3)ccc2C2C=CC=CC21. The smallest absolute Gasteiger partial charge is 0.137 e. The first-order valence-electron chi connectivity index (χ1n) is 14.3. The van der Waals surface area contributed by atoms with Gasteiger partial charge in [0, 0.05) is 34.2 Å². The molecular weight excluding hydrogens is 580 g/mol. The first kappa shape index (κ1) is 26.4. The van der Waals surface area contributed by atoms with Crippen molar-refractivity contribution in [1.29, 1.82) is 0 Å². The van der Waals surface area contributed by atoms with E-state index in [0.717, 1.165) is 38.9 Å². The lowest BCUT2D eigenvalue weighted by atomic mass is 9.74. The number of anilines is 6. The third-order valence-electron chi connectivity index (χ3n) is 8.47. The molecule has 0 radical (unpaired) electrons. The molecule has 2 unspecified atom stereocenters. The van der Waals surface area contributed by atoms with E-state index in [1.807, 2.05) is 48.8 Å². The van der Waals surface area contributed by atoms with Crippen LogP contribution in [0.4, 0.5) is 34.4 Å². The van der Waals surface area contributed by atoms with E-state index < -0.39 is 0 Å². The molecule has 2 aromatic heterocycles. The minimum Gasteiger partial charge on any atom is -0.295 e. The standard InChI is InChI=1S/C37H31BrN4/c1-37(2)33-15-7-6-14-31(33)32-19-18-28(25-34(32)37)42(36-17-9-11-21-40-36)30-23-26(38)22-29(24-30)41(27-12-4-3-5-13-27)35-16-8-10-20-39-35/h3-25,31,33H,1-2H3. The van der Waals surface area contributed by atoms with Crippen LogP contribution in [0.5, 0.6) is 0 Å². The highest BCUT2D eigenvalue weighted by Crippen LogP contribution is 2.54. The van der Waals surface area contributed by atoms with Crippen LogP contribution >= 0.6 is 15.9 Å². The molecule has 0 bridgehead atoms. The highest BCUT2D eigenvalue weighted by atomic mass is 79.9. The summed E-state index contributed by atoms with van der Waals surface area (Å²) in [5, 5.41) is 0. The fourth-order valence-corrected chi connectivity index (χ4v) is 6.97. The number of fused-ring (bicyclic) bond motifs is 3. The summed E-state index contributed by atoms with van der Waals surface area (Å²) in [5.74, 6) is 2.57. The maximum atomic E-state index is 4.82. The van der Waals surface area contributed by atoms with Crippen LogP contribution in [0.25, 0.3) is 0 Å². The number of aromatic nitrogens is 2. The number of rotatable bonds is 6. The lowest BCUT2D eigenvalue weighted by Crippen LogP contribution is -2.24. The molecule has 7 rings (SSSR count). The molecule has 5 heteroatoms. The van der Waals surface area contributed by atoms with Crippen molar-refractivity contribution in [3.8, 4) is 0 Å². The van der Waals surface area contributed by atoms with Crippen LogP contribution in [0, 0.1) is 5.92 Å². The second-order valence-electron chi connectivity index (χ2n) is 11.4. The van der Waals surface area contributed by atoms with E-state index in [1.165, 1.54) is 11.1 Å². The Kier molecular flexibility index (Phi) is 6.75. The Morgan fingerprint density at radius 3 is 1.88 bits per heavy atom. The molecule has 5 aromatic rings. The Bertz CT molecular complexity index is 1740. The van der Waals surface area contributed by atoms with E-state index in [2.05, 4.69) is 131 Å². The summed E-state index contributed by atoms with van der Waals surface area (Å²) in [7, 11) is 0. The van der Waals surface area contributed by atoms with Gasteiger partial charge in [0.2, 0.25) is 0 Å². The summed E-state index contributed by atoms with van der Waals surface area (Å²) in [4.78, 5) is 14.0. The number of allylic oxidation sites excluding steroid dienone is 4. The van der Waals surface area contributed by atoms with E-state index in [0.29, 0.717) is 11.8 Å². The molecule has 3 aromatic carbocycles. The van der Waals surface area contributed by atoms with Gasteiger partial charge in [-0.15, -0.1) is 0 Å². The highest BCUT2D eigenvalue weighted by molar-refractivity contribution is 9.10. The van der Waals surface area contributed by atoms with Crippen LogP contribution in [0.3, 0.4) is 0 Å². The molecule has 0 saturated carbocycles. The summed E-state index contributed by atoms with van der Waals surface area (Å²) < 4.78 is 0.968. The van der Waals surface area contributed by atoms with Crippen molar-refractivity contribution in [2.45, 2.75) is 25.2 Å². The molecule has 0 amide bonds. The van der Waals surface area contributed by atoms with E-state index >= 15 is 0 Å². The molecule has 0 N–H and O–H groups in total. The summed E-state index contributed by atoms with van der Waals surface area (Å²) in [6.07, 6.45) is 12.8. The van der Waals surface area contributed by atoms with Gasteiger partial charge < -0.3 is 0 Å². The average molecular weight is 612 g/mol. The van der Waals surface area contributed by atoms with Crippen molar-refractivity contribution in [3.63, 3.8) is 0 Å². The number of pyridine rings is 2. The Labute approximate surface area is 255 Å². The van der Waals surface area contributed by atoms with Crippen molar-refractivity contribution in [2.24, 2.45) is 5.92 Å². The van der Waals surface area contributed by atoms with Gasteiger partial charge in [-0.25, -0.2) is 9.97 Å². The van der Waals surface area contributed by atoms with Crippen molar-refractivity contribution in [3.05, 3.63) is 155 Å². The normalized spacial score (nSPS) is 17.9. The van der Waals surface area contributed by atoms with Gasteiger partial charge in [0.05, 0.1) is 11.4 Å². The van der Waals surface area contributed by atoms with Gasteiger partial charge >= 0.3 is 0 Å². The fourth-order valence-electron chi connectivity index (χ4n) is 6.50. The number of halogens is 1. The van der Waals surface area contributed by atoms with Crippen LogP contribution < -0.4 is 9.80 Å². The Morgan fingerprint density at radius 1 is 0.619 bits per heavy atom. The molecule has 206 valence electrons. The first-order chi connectivity index (χ1) is 20.5. The summed E-state index contributed by atoms with van der Waals surface area (Å²) in [6, 6.07) is 35.9. The zero-order chi connectivity index (χ0) is 28.7. The Balaban J connectivity index is 1.40. The monoisotopic (exact) mass is 610 g/mol.